The van der Waals surface area contributed by atoms with Gasteiger partial charge in [0.15, 0.2) is 11.3 Å². The van der Waals surface area contributed by atoms with E-state index in [9.17, 15) is 9.59 Å². The minimum absolute atomic E-state index is 0.124. The van der Waals surface area contributed by atoms with Crippen molar-refractivity contribution in [2.45, 2.75) is 47.1 Å². The molecule has 0 amide bonds. The zero-order chi connectivity index (χ0) is 24.3. The van der Waals surface area contributed by atoms with E-state index in [4.69, 9.17) is 10.5 Å². The van der Waals surface area contributed by atoms with Crippen molar-refractivity contribution in [3.63, 3.8) is 0 Å². The van der Waals surface area contributed by atoms with E-state index in [1.807, 2.05) is 31.4 Å². The highest BCUT2D eigenvalue weighted by molar-refractivity contribution is 9.09. The predicted molar refractivity (Wildman–Crippen MR) is 127 cm³/mol. The van der Waals surface area contributed by atoms with Gasteiger partial charge in [0.05, 0.1) is 6.20 Å². The van der Waals surface area contributed by atoms with Crippen LogP contribution >= 0.6 is 15.9 Å². The van der Waals surface area contributed by atoms with Gasteiger partial charge in [-0.15, -0.1) is 0 Å². The molecule has 0 saturated carbocycles. The molecular formula is C22H23BrN8O2. The number of hydrogen-bond donors (Lipinski definition) is 1. The van der Waals surface area contributed by atoms with Gasteiger partial charge < -0.3 is 4.57 Å². The molecule has 0 aliphatic rings. The van der Waals surface area contributed by atoms with Crippen LogP contribution in [0.25, 0.3) is 11.3 Å². The molecule has 0 fully saturated rings. The van der Waals surface area contributed by atoms with E-state index in [1.54, 1.807) is 6.92 Å². The number of nitriles is 2. The van der Waals surface area contributed by atoms with Gasteiger partial charge in [0, 0.05) is 40.6 Å². The number of alkyl halides is 1. The topological polar surface area (TPSA) is 137 Å². The van der Waals surface area contributed by atoms with Crippen molar-refractivity contribution in [3.05, 3.63) is 66.7 Å². The Bertz CT molecular complexity index is 1540. The number of rotatable bonds is 4. The molecule has 0 atom stereocenters. The summed E-state index contributed by atoms with van der Waals surface area (Å²) in [6.45, 7) is 8.25. The standard InChI is InChI=1S/C12H13BrN4O.C10H10N4O/c1-3-10-8(2)16(5-4-13)11-9(6-14)7-15-17(11)12(10)18;1-3-8-6(2)13-9-7(4-11)5-12-14(9)10(8)15/h7H,3-5H2,1-2H3;5,12H,3H2,1-2H3. The van der Waals surface area contributed by atoms with E-state index in [-0.39, 0.29) is 11.1 Å². The second kappa shape index (κ2) is 9.84. The second-order valence-electron chi connectivity index (χ2n) is 7.26. The molecule has 33 heavy (non-hydrogen) atoms. The molecule has 1 N–H and O–H groups in total. The molecule has 0 bridgehead atoms. The van der Waals surface area contributed by atoms with Crippen LogP contribution in [0.4, 0.5) is 0 Å². The number of nitrogens with zero attached hydrogens (tertiary/aromatic N) is 7. The fraction of sp³-hybridized carbons (Fsp3) is 0.364. The number of fused-ring (bicyclic) bond motifs is 2. The molecular weight excluding hydrogens is 488 g/mol. The second-order valence-corrected chi connectivity index (χ2v) is 8.05. The van der Waals surface area contributed by atoms with Crippen LogP contribution in [0, 0.1) is 36.5 Å². The lowest BCUT2D eigenvalue weighted by molar-refractivity contribution is 0.704. The smallest absolute Gasteiger partial charge is 0.277 e. The summed E-state index contributed by atoms with van der Waals surface area (Å²) in [5.41, 5.74) is 4.57. The normalized spacial score (nSPS) is 10.6. The van der Waals surface area contributed by atoms with Gasteiger partial charge in [-0.1, -0.05) is 29.8 Å². The third-order valence-corrected chi connectivity index (χ3v) is 5.86. The van der Waals surface area contributed by atoms with Crippen molar-refractivity contribution in [3.8, 4) is 12.1 Å². The SMILES string of the molecule is CCc1c(C)n(CCBr)c2c(C#N)cnn2c1=O.CCc1c(C)nc2c(C#N)c[nH]n2c1=O. The van der Waals surface area contributed by atoms with Crippen LogP contribution in [0.3, 0.4) is 0 Å². The minimum atomic E-state index is -0.127. The van der Waals surface area contributed by atoms with E-state index in [0.29, 0.717) is 53.1 Å². The first kappa shape index (κ1) is 24.0. The minimum Gasteiger partial charge on any atom is -0.328 e. The zero-order valence-electron chi connectivity index (χ0n) is 18.8. The van der Waals surface area contributed by atoms with E-state index in [0.717, 1.165) is 16.6 Å². The Morgan fingerprint density at radius 3 is 2.30 bits per heavy atom. The van der Waals surface area contributed by atoms with Gasteiger partial charge in [0.2, 0.25) is 0 Å². The van der Waals surface area contributed by atoms with Crippen LogP contribution < -0.4 is 11.1 Å². The van der Waals surface area contributed by atoms with E-state index in [1.165, 1.54) is 21.4 Å². The van der Waals surface area contributed by atoms with Crippen molar-refractivity contribution in [1.29, 1.82) is 10.5 Å². The van der Waals surface area contributed by atoms with Gasteiger partial charge in [-0.05, 0) is 26.7 Å². The van der Waals surface area contributed by atoms with Gasteiger partial charge >= 0.3 is 0 Å². The summed E-state index contributed by atoms with van der Waals surface area (Å²) in [5.74, 6) is 0. The molecule has 0 aromatic carbocycles. The lowest BCUT2D eigenvalue weighted by Gasteiger charge is -2.14. The first-order valence-electron chi connectivity index (χ1n) is 10.4. The maximum absolute atomic E-state index is 12.2. The number of halogens is 1. The van der Waals surface area contributed by atoms with Crippen LogP contribution in [0.1, 0.15) is 47.5 Å². The summed E-state index contributed by atoms with van der Waals surface area (Å²) in [6, 6.07) is 4.07. The average molecular weight is 511 g/mol. The zero-order valence-corrected chi connectivity index (χ0v) is 20.4. The maximum Gasteiger partial charge on any atom is 0.277 e. The molecule has 0 radical (unpaired) electrons. The predicted octanol–water partition coefficient (Wildman–Crippen LogP) is 2.40. The highest BCUT2D eigenvalue weighted by atomic mass is 79.9. The summed E-state index contributed by atoms with van der Waals surface area (Å²) in [5, 5.41) is 25.4. The molecule has 0 saturated heterocycles. The van der Waals surface area contributed by atoms with Crippen LogP contribution in [0.15, 0.2) is 22.0 Å². The van der Waals surface area contributed by atoms with Crippen molar-refractivity contribution < 1.29 is 0 Å². The molecule has 4 heterocycles. The molecule has 4 rings (SSSR count). The molecule has 0 unspecified atom stereocenters. The number of aromatic amines is 1. The van der Waals surface area contributed by atoms with E-state index in [2.05, 4.69) is 37.2 Å². The van der Waals surface area contributed by atoms with Gasteiger partial charge in [-0.3, -0.25) is 14.7 Å². The van der Waals surface area contributed by atoms with E-state index >= 15 is 0 Å². The third-order valence-electron chi connectivity index (χ3n) is 5.51. The Labute approximate surface area is 197 Å². The molecule has 0 aliphatic carbocycles. The number of aryl methyl sites for hydroxylation is 2. The Balaban J connectivity index is 0.000000189. The van der Waals surface area contributed by atoms with Crippen molar-refractivity contribution >= 4 is 27.2 Å². The molecule has 10 nitrogen and oxygen atoms in total. The molecule has 4 aromatic rings. The molecule has 170 valence electrons. The Morgan fingerprint density at radius 2 is 1.73 bits per heavy atom. The van der Waals surface area contributed by atoms with E-state index < -0.39 is 0 Å². The summed E-state index contributed by atoms with van der Waals surface area (Å²) < 4.78 is 4.61. The van der Waals surface area contributed by atoms with Gasteiger partial charge in [-0.2, -0.15) is 20.1 Å². The quantitative estimate of drug-likeness (QED) is 0.418. The lowest BCUT2D eigenvalue weighted by Crippen LogP contribution is -2.26. The number of aromatic nitrogens is 6. The van der Waals surface area contributed by atoms with Crippen molar-refractivity contribution in [2.75, 3.05) is 5.33 Å². The lowest BCUT2D eigenvalue weighted by atomic mass is 10.2. The van der Waals surface area contributed by atoms with Crippen LogP contribution in [0.2, 0.25) is 0 Å². The summed E-state index contributed by atoms with van der Waals surface area (Å²) >= 11 is 3.39. The summed E-state index contributed by atoms with van der Waals surface area (Å²) in [4.78, 5) is 28.4. The fourth-order valence-electron chi connectivity index (χ4n) is 3.84. The van der Waals surface area contributed by atoms with Gasteiger partial charge in [0.1, 0.15) is 23.3 Å². The van der Waals surface area contributed by atoms with Crippen molar-refractivity contribution in [2.24, 2.45) is 0 Å². The molecule has 0 spiro atoms. The summed E-state index contributed by atoms with van der Waals surface area (Å²) in [7, 11) is 0. The maximum atomic E-state index is 12.2. The monoisotopic (exact) mass is 510 g/mol. The number of hydrogen-bond acceptors (Lipinski definition) is 6. The Hall–Kier alpha value is -3.70. The third kappa shape index (κ3) is 4.08. The van der Waals surface area contributed by atoms with Crippen LogP contribution in [0.5, 0.6) is 0 Å². The average Bonchev–Trinajstić information content (AvgIpc) is 3.42. The number of nitrogens with one attached hydrogen (secondary N) is 1. The first-order valence-corrected chi connectivity index (χ1v) is 11.5. The molecule has 0 aliphatic heterocycles. The fourth-order valence-corrected chi connectivity index (χ4v) is 4.20. The molecule has 4 aromatic heterocycles. The summed E-state index contributed by atoms with van der Waals surface area (Å²) in [6.07, 6.45) is 4.23. The highest BCUT2D eigenvalue weighted by Crippen LogP contribution is 2.14. The number of H-pyrrole nitrogens is 1. The first-order chi connectivity index (χ1) is 15.8. The molecule has 11 heteroatoms. The van der Waals surface area contributed by atoms with Crippen LogP contribution in [-0.2, 0) is 19.4 Å². The highest BCUT2D eigenvalue weighted by Gasteiger charge is 2.16. The Kier molecular flexibility index (Phi) is 7.14. The largest absolute Gasteiger partial charge is 0.328 e. The van der Waals surface area contributed by atoms with Crippen molar-refractivity contribution in [1.82, 2.24) is 28.8 Å². The Morgan fingerprint density at radius 1 is 1.06 bits per heavy atom. The van der Waals surface area contributed by atoms with Gasteiger partial charge in [-0.25, -0.2) is 9.50 Å². The van der Waals surface area contributed by atoms with Crippen LogP contribution in [-0.4, -0.2) is 34.1 Å². The van der Waals surface area contributed by atoms with Gasteiger partial charge in [0.25, 0.3) is 11.1 Å².